The SMILES string of the molecule is N#Cc1c(N)ccc(F)c1Nc1ccc2ncn([C@H]3COC4(CCN(C5CCC(c6ccc(NC7CCC(=O)NC7=O)cc6F)CC5)CC4)C3)c(=O)c2c1F. The van der Waals surface area contributed by atoms with E-state index in [1.54, 1.807) is 12.1 Å². The van der Waals surface area contributed by atoms with Gasteiger partial charge in [0.1, 0.15) is 34.7 Å². The summed E-state index contributed by atoms with van der Waals surface area (Å²) in [6.07, 6.45) is 7.80. The molecule has 4 aliphatic rings. The van der Waals surface area contributed by atoms with E-state index in [2.05, 4.69) is 25.8 Å². The number of nitrogens with zero attached hydrogens (tertiary/aromatic N) is 4. The molecular weight excluding hydrogens is 713 g/mol. The number of carbonyl (C=O) groups excluding carboxylic acids is 2. The van der Waals surface area contributed by atoms with E-state index >= 15 is 8.78 Å². The van der Waals surface area contributed by atoms with Crippen molar-refractivity contribution in [2.24, 2.45) is 0 Å². The summed E-state index contributed by atoms with van der Waals surface area (Å²) in [6.45, 7) is 1.94. The van der Waals surface area contributed by atoms with Crippen LogP contribution in [0.3, 0.4) is 0 Å². The lowest BCUT2D eigenvalue weighted by molar-refractivity contribution is -0.133. The zero-order valence-electron chi connectivity index (χ0n) is 30.0. The molecule has 55 heavy (non-hydrogen) atoms. The van der Waals surface area contributed by atoms with Gasteiger partial charge in [-0.2, -0.15) is 5.26 Å². The second-order valence-electron chi connectivity index (χ2n) is 15.2. The average molecular weight is 755 g/mol. The van der Waals surface area contributed by atoms with Gasteiger partial charge < -0.3 is 26.0 Å². The fourth-order valence-corrected chi connectivity index (χ4v) is 8.89. The van der Waals surface area contributed by atoms with Crippen LogP contribution in [0.25, 0.3) is 10.9 Å². The van der Waals surface area contributed by atoms with Gasteiger partial charge in [-0.3, -0.25) is 24.3 Å². The van der Waals surface area contributed by atoms with Gasteiger partial charge in [0.05, 0.1) is 47.2 Å². The van der Waals surface area contributed by atoms with Crippen LogP contribution in [0, 0.1) is 28.8 Å². The van der Waals surface area contributed by atoms with Gasteiger partial charge in [-0.15, -0.1) is 0 Å². The van der Waals surface area contributed by atoms with Crippen molar-refractivity contribution < 1.29 is 27.5 Å². The Labute approximate surface area is 314 Å². The number of rotatable bonds is 7. The standard InChI is InChI=1S/C40H41F3N8O4/c41-28-7-8-30(45)27(19-44)37(28)48-32-10-9-31-35(36(32)43)39(54)51(21-46-31)25-18-40(55-20-25)13-15-50(16-14-40)24-4-1-22(2-5-24)26-6-3-23(17-29(26)42)47-33-11-12-34(52)49-38(33)53/h3,6-10,17,21-22,24-25,33,47-48H,1-2,4-5,11-16,18,20,45H2,(H,49,52,53)/t22?,24?,25-,33?/m1/s1. The monoisotopic (exact) mass is 754 g/mol. The van der Waals surface area contributed by atoms with Crippen molar-refractivity contribution in [3.63, 3.8) is 0 Å². The molecule has 1 aromatic heterocycles. The van der Waals surface area contributed by atoms with Gasteiger partial charge in [-0.25, -0.2) is 18.2 Å². The molecule has 4 fully saturated rings. The van der Waals surface area contributed by atoms with E-state index in [9.17, 15) is 24.0 Å². The molecule has 4 aromatic rings. The molecule has 1 unspecified atom stereocenters. The molecule has 286 valence electrons. The number of nitrogens with one attached hydrogen (secondary N) is 3. The highest BCUT2D eigenvalue weighted by molar-refractivity contribution is 6.01. The van der Waals surface area contributed by atoms with Crippen molar-refractivity contribution in [1.29, 1.82) is 5.26 Å². The van der Waals surface area contributed by atoms with Crippen LogP contribution in [0.2, 0.25) is 0 Å². The predicted molar refractivity (Wildman–Crippen MR) is 199 cm³/mol. The second-order valence-corrected chi connectivity index (χ2v) is 15.2. The van der Waals surface area contributed by atoms with Crippen LogP contribution in [0.1, 0.15) is 80.9 Å². The van der Waals surface area contributed by atoms with Crippen LogP contribution in [0.4, 0.5) is 35.9 Å². The van der Waals surface area contributed by atoms with E-state index in [0.29, 0.717) is 30.1 Å². The predicted octanol–water partition coefficient (Wildman–Crippen LogP) is 5.75. The molecule has 3 aromatic carbocycles. The number of benzene rings is 3. The first-order valence-electron chi connectivity index (χ1n) is 18.7. The third-order valence-corrected chi connectivity index (χ3v) is 12.0. The summed E-state index contributed by atoms with van der Waals surface area (Å²) in [5.41, 5.74) is 5.59. The molecule has 1 saturated carbocycles. The number of imide groups is 1. The number of hydrogen-bond donors (Lipinski definition) is 4. The third-order valence-electron chi connectivity index (χ3n) is 12.0. The van der Waals surface area contributed by atoms with Crippen LogP contribution in [0.5, 0.6) is 0 Å². The van der Waals surface area contributed by atoms with Crippen molar-refractivity contribution >= 4 is 45.5 Å². The van der Waals surface area contributed by atoms with Crippen molar-refractivity contribution in [1.82, 2.24) is 19.8 Å². The molecule has 0 bridgehead atoms. The Bertz CT molecular complexity index is 2280. The van der Waals surface area contributed by atoms with Crippen LogP contribution < -0.4 is 27.2 Å². The lowest BCUT2D eigenvalue weighted by Crippen LogP contribution is -2.49. The summed E-state index contributed by atoms with van der Waals surface area (Å²) in [7, 11) is 0. The van der Waals surface area contributed by atoms with E-state index in [0.717, 1.165) is 57.7 Å². The summed E-state index contributed by atoms with van der Waals surface area (Å²) >= 11 is 0. The number of anilines is 4. The Morgan fingerprint density at radius 2 is 1.75 bits per heavy atom. The Balaban J connectivity index is 0.878. The number of carbonyl (C=O) groups is 2. The minimum Gasteiger partial charge on any atom is -0.398 e. The zero-order valence-corrected chi connectivity index (χ0v) is 30.0. The average Bonchev–Trinajstić information content (AvgIpc) is 3.58. The highest BCUT2D eigenvalue weighted by Crippen LogP contribution is 2.43. The molecule has 0 radical (unpaired) electrons. The van der Waals surface area contributed by atoms with Gasteiger partial charge in [0.15, 0.2) is 5.82 Å². The maximum atomic E-state index is 15.9. The Morgan fingerprint density at radius 1 is 0.964 bits per heavy atom. The topological polar surface area (TPSA) is 167 Å². The maximum absolute atomic E-state index is 15.9. The number of halogens is 3. The number of ether oxygens (including phenoxy) is 1. The van der Waals surface area contributed by atoms with E-state index < -0.39 is 34.7 Å². The largest absolute Gasteiger partial charge is 0.398 e. The molecule has 1 spiro atoms. The molecular formula is C40H41F3N8O4. The first-order chi connectivity index (χ1) is 26.5. The molecule has 2 amide bonds. The number of likely N-dealkylation sites (tertiary alicyclic amines) is 1. The normalized spacial score (nSPS) is 24.1. The van der Waals surface area contributed by atoms with Gasteiger partial charge in [0.25, 0.3) is 5.56 Å². The number of nitrogen functional groups attached to an aromatic ring is 1. The number of fused-ring (bicyclic) bond motifs is 1. The van der Waals surface area contributed by atoms with Crippen LogP contribution in [0.15, 0.2) is 53.6 Å². The number of piperidine rings is 2. The van der Waals surface area contributed by atoms with E-state index in [1.807, 2.05) is 6.07 Å². The summed E-state index contributed by atoms with van der Waals surface area (Å²) in [6, 6.07) is 11.5. The highest BCUT2D eigenvalue weighted by Gasteiger charge is 2.45. The lowest BCUT2D eigenvalue weighted by Gasteiger charge is -2.44. The molecule has 12 nitrogen and oxygen atoms in total. The summed E-state index contributed by atoms with van der Waals surface area (Å²) in [4.78, 5) is 44.2. The zero-order chi connectivity index (χ0) is 38.4. The van der Waals surface area contributed by atoms with E-state index in [-0.39, 0.29) is 70.2 Å². The van der Waals surface area contributed by atoms with Gasteiger partial charge in [-0.05, 0) is 99.2 Å². The van der Waals surface area contributed by atoms with Crippen LogP contribution in [-0.2, 0) is 14.3 Å². The van der Waals surface area contributed by atoms with Crippen LogP contribution in [-0.4, -0.2) is 63.6 Å². The number of hydrogen-bond acceptors (Lipinski definition) is 10. The fraction of sp³-hybridized carbons (Fsp3) is 0.425. The highest BCUT2D eigenvalue weighted by atomic mass is 19.1. The molecule has 3 aliphatic heterocycles. The number of nitriles is 1. The summed E-state index contributed by atoms with van der Waals surface area (Å²) < 4.78 is 53.7. The lowest BCUT2D eigenvalue weighted by atomic mass is 9.79. The Hall–Kier alpha value is -5.46. The minimum atomic E-state index is -0.909. The summed E-state index contributed by atoms with van der Waals surface area (Å²) in [5.74, 6) is -2.58. The second kappa shape index (κ2) is 14.6. The van der Waals surface area contributed by atoms with Gasteiger partial charge in [-0.1, -0.05) is 6.07 Å². The quantitative estimate of drug-likeness (QED) is 0.135. The molecule has 4 heterocycles. The van der Waals surface area contributed by atoms with E-state index in [1.165, 1.54) is 35.2 Å². The van der Waals surface area contributed by atoms with Gasteiger partial charge in [0.2, 0.25) is 11.8 Å². The van der Waals surface area contributed by atoms with Crippen molar-refractivity contribution in [2.45, 2.75) is 87.4 Å². The van der Waals surface area contributed by atoms with Crippen LogP contribution >= 0.6 is 0 Å². The molecule has 15 heteroatoms. The van der Waals surface area contributed by atoms with Gasteiger partial charge in [0, 0.05) is 31.2 Å². The summed E-state index contributed by atoms with van der Waals surface area (Å²) in [5, 5.41) is 17.2. The minimum absolute atomic E-state index is 0.0314. The molecule has 5 N–H and O–H groups in total. The van der Waals surface area contributed by atoms with E-state index in [4.69, 9.17) is 10.5 Å². The molecule has 1 aliphatic carbocycles. The van der Waals surface area contributed by atoms with Crippen molar-refractivity contribution in [3.05, 3.63) is 87.7 Å². The van der Waals surface area contributed by atoms with Gasteiger partial charge >= 0.3 is 0 Å². The fourth-order valence-electron chi connectivity index (χ4n) is 8.89. The number of aromatic nitrogens is 2. The maximum Gasteiger partial charge on any atom is 0.264 e. The Morgan fingerprint density at radius 3 is 2.47 bits per heavy atom. The van der Waals surface area contributed by atoms with Crippen molar-refractivity contribution in [2.75, 3.05) is 36.1 Å². The first kappa shape index (κ1) is 36.5. The molecule has 2 atom stereocenters. The molecule has 3 saturated heterocycles. The third kappa shape index (κ3) is 7.00. The molecule has 8 rings (SSSR count). The first-order valence-corrected chi connectivity index (χ1v) is 18.7. The number of nitrogens with two attached hydrogens (primary N) is 1. The van der Waals surface area contributed by atoms with Crippen molar-refractivity contribution in [3.8, 4) is 6.07 Å². The Kier molecular flexibility index (Phi) is 9.72. The smallest absolute Gasteiger partial charge is 0.264 e. The number of amides is 2.